The Morgan fingerprint density at radius 3 is 2.68 bits per heavy atom. The molecule has 1 aliphatic rings. The average Bonchev–Trinajstić information content (AvgIpc) is 2.77. The van der Waals surface area contributed by atoms with Gasteiger partial charge < -0.3 is 9.88 Å². The van der Waals surface area contributed by atoms with E-state index in [0.717, 1.165) is 23.8 Å². The van der Waals surface area contributed by atoms with E-state index in [-0.39, 0.29) is 28.8 Å². The minimum Gasteiger partial charge on any atom is -0.338 e. The quantitative estimate of drug-likeness (QED) is 0.638. The number of nitrogens with one attached hydrogen (secondary N) is 2. The molecule has 1 fully saturated rings. The monoisotopic (exact) mass is 439 g/mol. The summed E-state index contributed by atoms with van der Waals surface area (Å²) in [7, 11) is -3.61. The van der Waals surface area contributed by atoms with Crippen LogP contribution in [0.15, 0.2) is 64.3 Å². The number of carbonyl (C=O) groups excluding carboxylic acids is 1. The number of aryl methyl sites for hydroxylation is 1. The van der Waals surface area contributed by atoms with Gasteiger partial charge >= 0.3 is 0 Å². The first-order chi connectivity index (χ1) is 14.8. The van der Waals surface area contributed by atoms with E-state index in [2.05, 4.69) is 9.71 Å². The Hall–Kier alpha value is -2.97. The summed E-state index contributed by atoms with van der Waals surface area (Å²) in [6.07, 6.45) is 1.57. The fourth-order valence-corrected chi connectivity index (χ4v) is 5.04. The zero-order valence-corrected chi connectivity index (χ0v) is 18.1. The Morgan fingerprint density at radius 1 is 1.16 bits per heavy atom. The molecule has 1 saturated heterocycles. The van der Waals surface area contributed by atoms with Crippen LogP contribution in [0.2, 0.25) is 0 Å². The minimum absolute atomic E-state index is 0.0162. The second-order valence-corrected chi connectivity index (χ2v) is 9.79. The lowest BCUT2D eigenvalue weighted by Gasteiger charge is -2.32. The lowest BCUT2D eigenvalue weighted by Crippen LogP contribution is -2.44. The van der Waals surface area contributed by atoms with Crippen LogP contribution in [0.3, 0.4) is 0 Å². The molecule has 7 nitrogen and oxygen atoms in total. The van der Waals surface area contributed by atoms with Crippen LogP contribution in [-0.2, 0) is 10.0 Å². The predicted octanol–water partition coefficient (Wildman–Crippen LogP) is 2.67. The number of carbonyl (C=O) groups is 1. The molecule has 3 aromatic rings. The van der Waals surface area contributed by atoms with E-state index in [0.29, 0.717) is 18.6 Å². The van der Waals surface area contributed by atoms with Gasteiger partial charge in [-0.25, -0.2) is 13.1 Å². The number of H-pyrrole nitrogens is 1. The molecular formula is C23H25N3O4S. The fourth-order valence-electron chi connectivity index (χ4n) is 3.92. The average molecular weight is 440 g/mol. The van der Waals surface area contributed by atoms with E-state index < -0.39 is 15.6 Å². The van der Waals surface area contributed by atoms with E-state index in [9.17, 15) is 18.0 Å². The van der Waals surface area contributed by atoms with Gasteiger partial charge in [0.25, 0.3) is 11.5 Å². The number of hydrogen-bond donors (Lipinski definition) is 2. The molecule has 1 amide bonds. The van der Waals surface area contributed by atoms with Crippen LogP contribution in [0.5, 0.6) is 0 Å². The second kappa shape index (κ2) is 8.64. The number of benzene rings is 2. The molecule has 2 heterocycles. The normalized spacial score (nSPS) is 17.1. The van der Waals surface area contributed by atoms with Gasteiger partial charge in [0, 0.05) is 25.2 Å². The van der Waals surface area contributed by atoms with Crippen molar-refractivity contribution in [1.82, 2.24) is 14.6 Å². The van der Waals surface area contributed by atoms with E-state index in [1.807, 2.05) is 25.1 Å². The van der Waals surface area contributed by atoms with Gasteiger partial charge in [-0.05, 0) is 55.3 Å². The maximum Gasteiger partial charge on any atom is 0.261 e. The van der Waals surface area contributed by atoms with Crippen molar-refractivity contribution in [1.29, 1.82) is 0 Å². The standard InChI is InChI=1S/C23H25N3O4S/c1-16-8-10-19(11-9-16)31(29,30)24-14-17-5-4-12-26(15-17)23(28)20-13-18-6-2-3-7-21(18)25-22(20)27/h2-3,6-11,13,17,24H,4-5,12,14-15H2,1H3,(H,25,27). The summed E-state index contributed by atoms with van der Waals surface area (Å²) in [5.41, 5.74) is 1.38. The summed E-state index contributed by atoms with van der Waals surface area (Å²) in [5, 5.41) is 0.796. The highest BCUT2D eigenvalue weighted by Crippen LogP contribution is 2.20. The van der Waals surface area contributed by atoms with Crippen molar-refractivity contribution in [2.24, 2.45) is 5.92 Å². The van der Waals surface area contributed by atoms with Crippen LogP contribution in [0.1, 0.15) is 28.8 Å². The molecule has 8 heteroatoms. The van der Waals surface area contributed by atoms with Crippen molar-refractivity contribution >= 4 is 26.8 Å². The van der Waals surface area contributed by atoms with E-state index >= 15 is 0 Å². The molecule has 31 heavy (non-hydrogen) atoms. The van der Waals surface area contributed by atoms with Gasteiger partial charge in [0.15, 0.2) is 0 Å². The third-order valence-electron chi connectivity index (χ3n) is 5.68. The lowest BCUT2D eigenvalue weighted by molar-refractivity contribution is 0.0675. The fraction of sp³-hybridized carbons (Fsp3) is 0.304. The number of hydrogen-bond acceptors (Lipinski definition) is 4. The van der Waals surface area contributed by atoms with Crippen molar-refractivity contribution in [2.75, 3.05) is 19.6 Å². The number of aromatic amines is 1. The van der Waals surface area contributed by atoms with Crippen molar-refractivity contribution < 1.29 is 13.2 Å². The van der Waals surface area contributed by atoms with Crippen LogP contribution in [0.4, 0.5) is 0 Å². The Labute approximate surface area is 181 Å². The van der Waals surface area contributed by atoms with Crippen molar-refractivity contribution in [3.8, 4) is 0 Å². The van der Waals surface area contributed by atoms with Gasteiger partial charge in [-0.2, -0.15) is 0 Å². The summed E-state index contributed by atoms with van der Waals surface area (Å²) in [5.74, 6) is -0.337. The maximum atomic E-state index is 13.0. The number of pyridine rings is 1. The number of para-hydroxylation sites is 1. The first kappa shape index (κ1) is 21.3. The molecule has 0 bridgehead atoms. The maximum absolute atomic E-state index is 13.0. The molecule has 1 aliphatic heterocycles. The van der Waals surface area contributed by atoms with Crippen LogP contribution in [0.25, 0.3) is 10.9 Å². The SMILES string of the molecule is Cc1ccc(S(=O)(=O)NCC2CCCN(C(=O)c3cc4ccccc4[nH]c3=O)C2)cc1. The summed E-state index contributed by atoms with van der Waals surface area (Å²) in [6, 6.07) is 15.6. The summed E-state index contributed by atoms with van der Waals surface area (Å²) in [6.45, 7) is 3.10. The molecule has 0 radical (unpaired) electrons. The number of rotatable bonds is 5. The van der Waals surface area contributed by atoms with Gasteiger partial charge in [-0.3, -0.25) is 9.59 Å². The van der Waals surface area contributed by atoms with E-state index in [1.54, 1.807) is 41.3 Å². The Balaban J connectivity index is 1.45. The van der Waals surface area contributed by atoms with Crippen LogP contribution >= 0.6 is 0 Å². The second-order valence-electron chi connectivity index (χ2n) is 8.02. The molecule has 162 valence electrons. The van der Waals surface area contributed by atoms with Gasteiger partial charge in [0.05, 0.1) is 4.90 Å². The number of nitrogens with zero attached hydrogens (tertiary/aromatic N) is 1. The number of sulfonamides is 1. The molecule has 2 N–H and O–H groups in total. The van der Waals surface area contributed by atoms with E-state index in [1.165, 1.54) is 0 Å². The molecule has 0 saturated carbocycles. The first-order valence-corrected chi connectivity index (χ1v) is 11.8. The van der Waals surface area contributed by atoms with Gasteiger partial charge in [-0.15, -0.1) is 0 Å². The molecule has 1 atom stereocenters. The number of aromatic nitrogens is 1. The van der Waals surface area contributed by atoms with Crippen LogP contribution in [-0.4, -0.2) is 43.8 Å². The van der Waals surface area contributed by atoms with Crippen LogP contribution < -0.4 is 10.3 Å². The van der Waals surface area contributed by atoms with Gasteiger partial charge in [0.1, 0.15) is 5.56 Å². The minimum atomic E-state index is -3.61. The highest BCUT2D eigenvalue weighted by atomic mass is 32.2. The first-order valence-electron chi connectivity index (χ1n) is 10.3. The summed E-state index contributed by atoms with van der Waals surface area (Å²) in [4.78, 5) is 30.1. The van der Waals surface area contributed by atoms with E-state index in [4.69, 9.17) is 0 Å². The van der Waals surface area contributed by atoms with Gasteiger partial charge in [-0.1, -0.05) is 35.9 Å². The zero-order valence-electron chi connectivity index (χ0n) is 17.3. The molecule has 2 aromatic carbocycles. The molecule has 1 unspecified atom stereocenters. The Morgan fingerprint density at radius 2 is 1.90 bits per heavy atom. The van der Waals surface area contributed by atoms with Crippen molar-refractivity contribution in [2.45, 2.75) is 24.7 Å². The topological polar surface area (TPSA) is 99.3 Å². The van der Waals surface area contributed by atoms with Crippen molar-refractivity contribution in [3.63, 3.8) is 0 Å². The molecule has 0 spiro atoms. The largest absolute Gasteiger partial charge is 0.338 e. The smallest absolute Gasteiger partial charge is 0.261 e. The highest BCUT2D eigenvalue weighted by molar-refractivity contribution is 7.89. The number of amides is 1. The predicted molar refractivity (Wildman–Crippen MR) is 120 cm³/mol. The third-order valence-corrected chi connectivity index (χ3v) is 7.12. The third kappa shape index (κ3) is 4.70. The molecule has 1 aromatic heterocycles. The zero-order chi connectivity index (χ0) is 22.0. The Kier molecular flexibility index (Phi) is 5.93. The number of fused-ring (bicyclic) bond motifs is 1. The molecular weight excluding hydrogens is 414 g/mol. The number of piperidine rings is 1. The van der Waals surface area contributed by atoms with Gasteiger partial charge in [0.2, 0.25) is 10.0 Å². The summed E-state index contributed by atoms with van der Waals surface area (Å²) < 4.78 is 27.8. The van der Waals surface area contributed by atoms with Crippen molar-refractivity contribution in [3.05, 3.63) is 76.1 Å². The molecule has 4 rings (SSSR count). The highest BCUT2D eigenvalue weighted by Gasteiger charge is 2.27. The summed E-state index contributed by atoms with van der Waals surface area (Å²) >= 11 is 0. The Bertz CT molecular complexity index is 1270. The lowest BCUT2D eigenvalue weighted by atomic mass is 9.97. The molecule has 0 aliphatic carbocycles. The van der Waals surface area contributed by atoms with Crippen LogP contribution in [0, 0.1) is 12.8 Å². The number of likely N-dealkylation sites (tertiary alicyclic amines) is 1.